The molecule has 0 saturated carbocycles. The van der Waals surface area contributed by atoms with Crippen LogP contribution >= 0.6 is 15.9 Å². The first-order valence-corrected chi connectivity index (χ1v) is 14.9. The third-order valence-electron chi connectivity index (χ3n) is 6.21. The minimum atomic E-state index is -4.12. The van der Waals surface area contributed by atoms with Crippen LogP contribution in [0.4, 0.5) is 5.69 Å². The van der Waals surface area contributed by atoms with Crippen LogP contribution in [0.1, 0.15) is 31.4 Å². The van der Waals surface area contributed by atoms with Crippen molar-refractivity contribution in [3.63, 3.8) is 0 Å². The van der Waals surface area contributed by atoms with E-state index >= 15 is 0 Å². The average molecular weight is 617 g/mol. The molecule has 2 amide bonds. The number of carbonyl (C=O) groups is 2. The van der Waals surface area contributed by atoms with Crippen LogP contribution in [0.3, 0.4) is 0 Å². The highest BCUT2D eigenvalue weighted by molar-refractivity contribution is 9.10. The van der Waals surface area contributed by atoms with Gasteiger partial charge in [-0.1, -0.05) is 58.7 Å². The largest absolute Gasteiger partial charge is 0.497 e. The van der Waals surface area contributed by atoms with Crippen LogP contribution in [0.5, 0.6) is 5.75 Å². The molecule has 0 bridgehead atoms. The Morgan fingerprint density at radius 3 is 2.31 bits per heavy atom. The van der Waals surface area contributed by atoms with E-state index in [4.69, 9.17) is 4.74 Å². The molecular weight excluding hydrogens is 582 g/mol. The van der Waals surface area contributed by atoms with E-state index in [1.54, 1.807) is 61.7 Å². The molecule has 1 N–H and O–H groups in total. The molecule has 8 nitrogen and oxygen atoms in total. The Labute approximate surface area is 239 Å². The lowest BCUT2D eigenvalue weighted by Gasteiger charge is -2.33. The van der Waals surface area contributed by atoms with E-state index in [2.05, 4.69) is 21.2 Å². The molecule has 0 aliphatic rings. The van der Waals surface area contributed by atoms with Crippen molar-refractivity contribution < 1.29 is 22.7 Å². The molecule has 0 heterocycles. The number of anilines is 1. The maximum Gasteiger partial charge on any atom is 0.264 e. The van der Waals surface area contributed by atoms with Crippen molar-refractivity contribution in [2.24, 2.45) is 0 Å². The van der Waals surface area contributed by atoms with Gasteiger partial charge in [-0.05, 0) is 68.3 Å². The number of ether oxygens (including phenoxy) is 1. The van der Waals surface area contributed by atoms with Crippen molar-refractivity contribution in [1.82, 2.24) is 10.2 Å². The number of hydrogen-bond donors (Lipinski definition) is 1. The Kier molecular flexibility index (Phi) is 10.5. The second-order valence-corrected chi connectivity index (χ2v) is 11.8. The molecule has 10 heteroatoms. The molecular formula is C29H34BrN3O5S. The topological polar surface area (TPSA) is 96.0 Å². The molecule has 0 fully saturated rings. The number of carbonyl (C=O) groups excluding carboxylic acids is 2. The number of rotatable bonds is 12. The molecule has 0 aromatic heterocycles. The summed E-state index contributed by atoms with van der Waals surface area (Å²) in [5.41, 5.74) is 1.99. The predicted octanol–water partition coefficient (Wildman–Crippen LogP) is 4.90. The molecule has 39 heavy (non-hydrogen) atoms. The number of likely N-dealkylation sites (N-methyl/N-ethyl adjacent to an activating group) is 1. The summed E-state index contributed by atoms with van der Waals surface area (Å²) in [5, 5.41) is 2.80. The highest BCUT2D eigenvalue weighted by Crippen LogP contribution is 2.27. The van der Waals surface area contributed by atoms with Crippen molar-refractivity contribution in [3.05, 3.63) is 88.4 Å². The van der Waals surface area contributed by atoms with Crippen LogP contribution in [0.25, 0.3) is 0 Å². The Morgan fingerprint density at radius 2 is 1.69 bits per heavy atom. The van der Waals surface area contributed by atoms with Crippen LogP contribution < -0.4 is 14.4 Å². The van der Waals surface area contributed by atoms with Gasteiger partial charge in [0.25, 0.3) is 10.0 Å². The zero-order valence-corrected chi connectivity index (χ0v) is 25.0. The quantitative estimate of drug-likeness (QED) is 0.312. The smallest absolute Gasteiger partial charge is 0.264 e. The van der Waals surface area contributed by atoms with Crippen LogP contribution in [-0.2, 0) is 26.2 Å². The van der Waals surface area contributed by atoms with E-state index in [1.807, 2.05) is 26.8 Å². The van der Waals surface area contributed by atoms with E-state index in [1.165, 1.54) is 17.0 Å². The third-order valence-corrected chi connectivity index (χ3v) is 8.49. The summed E-state index contributed by atoms with van der Waals surface area (Å²) in [6.07, 6.45) is 0.350. The van der Waals surface area contributed by atoms with Crippen LogP contribution in [0.15, 0.2) is 82.2 Å². The molecule has 0 radical (unpaired) electrons. The number of methoxy groups -OCH3 is 1. The van der Waals surface area contributed by atoms with Crippen molar-refractivity contribution in [1.29, 1.82) is 0 Å². The Hall–Kier alpha value is -3.37. The number of halogens is 1. The molecule has 208 valence electrons. The first kappa shape index (κ1) is 30.2. The van der Waals surface area contributed by atoms with Crippen molar-refractivity contribution >= 4 is 43.5 Å². The molecule has 1 atom stereocenters. The molecule has 0 saturated heterocycles. The minimum absolute atomic E-state index is 0.0657. The number of nitrogens with zero attached hydrogens (tertiary/aromatic N) is 2. The summed E-state index contributed by atoms with van der Waals surface area (Å²) in [6.45, 7) is 5.51. The van der Waals surface area contributed by atoms with Gasteiger partial charge >= 0.3 is 0 Å². The van der Waals surface area contributed by atoms with Gasteiger partial charge in [0, 0.05) is 17.6 Å². The highest BCUT2D eigenvalue weighted by Gasteiger charge is 2.33. The first-order chi connectivity index (χ1) is 18.6. The van der Waals surface area contributed by atoms with Crippen molar-refractivity contribution in [3.8, 4) is 5.75 Å². The number of amides is 2. The second kappa shape index (κ2) is 13.6. The second-order valence-electron chi connectivity index (χ2n) is 9.00. The van der Waals surface area contributed by atoms with Gasteiger partial charge in [0.1, 0.15) is 18.3 Å². The Balaban J connectivity index is 2.07. The SMILES string of the molecule is CCNC(=O)[C@@H](CC)N(Cc1cccc(OC)c1)C(=O)CN(c1cccc(Br)c1)S(=O)(=O)c1ccc(C)cc1. The van der Waals surface area contributed by atoms with Gasteiger partial charge in [-0.15, -0.1) is 0 Å². The first-order valence-electron chi connectivity index (χ1n) is 12.7. The summed E-state index contributed by atoms with van der Waals surface area (Å²) in [6, 6.07) is 19.7. The van der Waals surface area contributed by atoms with Gasteiger partial charge in [0.15, 0.2) is 0 Å². The van der Waals surface area contributed by atoms with Gasteiger partial charge < -0.3 is 15.0 Å². The summed E-state index contributed by atoms with van der Waals surface area (Å²) >= 11 is 3.41. The maximum atomic E-state index is 14.0. The van der Waals surface area contributed by atoms with E-state index < -0.39 is 28.5 Å². The molecule has 0 aliphatic carbocycles. The number of benzene rings is 3. The maximum absolute atomic E-state index is 14.0. The standard InChI is InChI=1S/C29H34BrN3O5S/c1-5-27(29(35)31-6-2)32(19-22-9-7-12-25(17-22)38-4)28(34)20-33(24-11-8-10-23(30)18-24)39(36,37)26-15-13-21(3)14-16-26/h7-18,27H,5-6,19-20H2,1-4H3,(H,31,35)/t27-/m1/s1. The van der Waals surface area contributed by atoms with Crippen molar-refractivity contribution in [2.75, 3.05) is 24.5 Å². The van der Waals surface area contributed by atoms with E-state index in [-0.39, 0.29) is 17.3 Å². The molecule has 3 rings (SSSR count). The zero-order valence-electron chi connectivity index (χ0n) is 22.6. The molecule has 0 unspecified atom stereocenters. The van der Waals surface area contributed by atoms with Gasteiger partial charge in [0.05, 0.1) is 17.7 Å². The fourth-order valence-electron chi connectivity index (χ4n) is 4.18. The Morgan fingerprint density at radius 1 is 1.00 bits per heavy atom. The minimum Gasteiger partial charge on any atom is -0.497 e. The summed E-state index contributed by atoms with van der Waals surface area (Å²) in [7, 11) is -2.57. The van der Waals surface area contributed by atoms with E-state index in [0.717, 1.165) is 15.4 Å². The lowest BCUT2D eigenvalue weighted by Crippen LogP contribution is -2.52. The molecule has 0 aliphatic heterocycles. The fraction of sp³-hybridized carbons (Fsp3) is 0.310. The average Bonchev–Trinajstić information content (AvgIpc) is 2.92. The number of nitrogens with one attached hydrogen (secondary N) is 1. The van der Waals surface area contributed by atoms with Crippen LogP contribution in [0.2, 0.25) is 0 Å². The Bertz CT molecular complexity index is 1400. The summed E-state index contributed by atoms with van der Waals surface area (Å²) < 4.78 is 34.8. The lowest BCUT2D eigenvalue weighted by atomic mass is 10.1. The monoisotopic (exact) mass is 615 g/mol. The van der Waals surface area contributed by atoms with E-state index in [0.29, 0.717) is 28.9 Å². The normalized spacial score (nSPS) is 11.9. The highest BCUT2D eigenvalue weighted by atomic mass is 79.9. The van der Waals surface area contributed by atoms with Crippen LogP contribution in [-0.4, -0.2) is 51.4 Å². The van der Waals surface area contributed by atoms with Gasteiger partial charge in [-0.25, -0.2) is 8.42 Å². The van der Waals surface area contributed by atoms with Gasteiger partial charge in [0.2, 0.25) is 11.8 Å². The number of aryl methyl sites for hydroxylation is 1. The molecule has 3 aromatic rings. The fourth-order valence-corrected chi connectivity index (χ4v) is 5.97. The predicted molar refractivity (Wildman–Crippen MR) is 156 cm³/mol. The summed E-state index contributed by atoms with van der Waals surface area (Å²) in [5.74, 6) is -0.193. The summed E-state index contributed by atoms with van der Waals surface area (Å²) in [4.78, 5) is 28.5. The molecule has 0 spiro atoms. The van der Waals surface area contributed by atoms with Crippen molar-refractivity contribution in [2.45, 2.75) is 44.7 Å². The van der Waals surface area contributed by atoms with Gasteiger partial charge in [-0.2, -0.15) is 0 Å². The zero-order chi connectivity index (χ0) is 28.6. The number of hydrogen-bond acceptors (Lipinski definition) is 5. The van der Waals surface area contributed by atoms with E-state index in [9.17, 15) is 18.0 Å². The molecule has 3 aromatic carbocycles. The lowest BCUT2D eigenvalue weighted by molar-refractivity contribution is -0.140. The van der Waals surface area contributed by atoms with Crippen LogP contribution in [0, 0.1) is 6.92 Å². The van der Waals surface area contributed by atoms with Gasteiger partial charge in [-0.3, -0.25) is 13.9 Å². The number of sulfonamides is 1. The third kappa shape index (κ3) is 7.60.